The Morgan fingerprint density at radius 2 is 2.26 bits per heavy atom. The van der Waals surface area contributed by atoms with Crippen LogP contribution in [-0.2, 0) is 23.2 Å². The maximum Gasteiger partial charge on any atom is 0.276 e. The number of amides is 1. The lowest BCUT2D eigenvalue weighted by atomic mass is 9.83. The molecule has 0 radical (unpaired) electrons. The summed E-state index contributed by atoms with van der Waals surface area (Å²) in [5.41, 5.74) is 2.45. The Morgan fingerprint density at radius 3 is 3.04 bits per heavy atom. The van der Waals surface area contributed by atoms with E-state index in [9.17, 15) is 4.79 Å². The molecule has 23 heavy (non-hydrogen) atoms. The van der Waals surface area contributed by atoms with Crippen LogP contribution < -0.4 is 0 Å². The number of carbonyl (C=O) groups is 1. The van der Waals surface area contributed by atoms with E-state index in [4.69, 9.17) is 9.15 Å². The lowest BCUT2D eigenvalue weighted by molar-refractivity contribution is -0.0962. The van der Waals surface area contributed by atoms with Gasteiger partial charge in [0.15, 0.2) is 12.1 Å². The van der Waals surface area contributed by atoms with Gasteiger partial charge in [-0.05, 0) is 24.8 Å². The monoisotopic (exact) mass is 316 g/mol. The molecule has 2 aliphatic heterocycles. The number of nitrogens with one attached hydrogen (secondary N) is 1. The fraction of sp³-hybridized carbons (Fsp3) is 0.562. The molecular weight excluding hydrogens is 296 g/mol. The average molecular weight is 316 g/mol. The molecular formula is C16H20N4O3. The number of aromatic nitrogens is 3. The van der Waals surface area contributed by atoms with Crippen molar-refractivity contribution in [2.45, 2.75) is 38.2 Å². The number of ether oxygens (including phenoxy) is 1. The van der Waals surface area contributed by atoms with Gasteiger partial charge < -0.3 is 14.1 Å². The van der Waals surface area contributed by atoms with Gasteiger partial charge in [-0.1, -0.05) is 6.92 Å². The highest BCUT2D eigenvalue weighted by molar-refractivity contribution is 5.93. The van der Waals surface area contributed by atoms with Gasteiger partial charge in [0, 0.05) is 19.5 Å². The van der Waals surface area contributed by atoms with Gasteiger partial charge >= 0.3 is 0 Å². The van der Waals surface area contributed by atoms with E-state index in [1.807, 2.05) is 18.0 Å². The van der Waals surface area contributed by atoms with Crippen molar-refractivity contribution in [3.8, 4) is 0 Å². The molecule has 1 amide bonds. The van der Waals surface area contributed by atoms with Crippen molar-refractivity contribution in [3.05, 3.63) is 35.3 Å². The molecule has 1 fully saturated rings. The first-order valence-electron chi connectivity index (χ1n) is 8.12. The highest BCUT2D eigenvalue weighted by Gasteiger charge is 2.43. The van der Waals surface area contributed by atoms with E-state index in [-0.39, 0.29) is 11.5 Å². The summed E-state index contributed by atoms with van der Waals surface area (Å²) >= 11 is 0. The molecule has 0 bridgehead atoms. The lowest BCUT2D eigenvalue weighted by Gasteiger charge is -2.43. The Bertz CT molecular complexity index is 712. The summed E-state index contributed by atoms with van der Waals surface area (Å²) < 4.78 is 11.4. The molecule has 0 atom stereocenters. The van der Waals surface area contributed by atoms with Crippen LogP contribution in [0.4, 0.5) is 0 Å². The van der Waals surface area contributed by atoms with Crippen LogP contribution in [0.15, 0.2) is 17.0 Å². The van der Waals surface area contributed by atoms with E-state index < -0.39 is 0 Å². The molecule has 1 saturated heterocycles. The van der Waals surface area contributed by atoms with E-state index in [0.29, 0.717) is 37.6 Å². The van der Waals surface area contributed by atoms with Crippen molar-refractivity contribution in [2.24, 2.45) is 0 Å². The molecule has 0 saturated carbocycles. The zero-order valence-corrected chi connectivity index (χ0v) is 13.2. The number of nitrogens with zero attached hydrogens (tertiary/aromatic N) is 3. The van der Waals surface area contributed by atoms with E-state index in [0.717, 1.165) is 25.0 Å². The number of rotatable bonds is 2. The van der Waals surface area contributed by atoms with Gasteiger partial charge in [0.25, 0.3) is 5.91 Å². The first-order valence-corrected chi connectivity index (χ1v) is 8.12. The minimum Gasteiger partial charge on any atom is -0.448 e. The van der Waals surface area contributed by atoms with Crippen molar-refractivity contribution in [1.82, 2.24) is 20.1 Å². The predicted octanol–water partition coefficient (Wildman–Crippen LogP) is 1.66. The van der Waals surface area contributed by atoms with Gasteiger partial charge in [-0.3, -0.25) is 9.89 Å². The first-order chi connectivity index (χ1) is 11.2. The van der Waals surface area contributed by atoms with E-state index in [1.165, 1.54) is 12.0 Å². The smallest absolute Gasteiger partial charge is 0.276 e. The number of aromatic amines is 1. The molecule has 0 aliphatic carbocycles. The van der Waals surface area contributed by atoms with Gasteiger partial charge in [0.1, 0.15) is 11.4 Å². The second kappa shape index (κ2) is 5.49. The van der Waals surface area contributed by atoms with Gasteiger partial charge in [-0.25, -0.2) is 4.98 Å². The highest BCUT2D eigenvalue weighted by Crippen LogP contribution is 2.40. The minimum absolute atomic E-state index is 0.0499. The molecule has 2 aromatic rings. The molecule has 1 N–H and O–H groups in total. The summed E-state index contributed by atoms with van der Waals surface area (Å²) in [7, 11) is 0. The maximum atomic E-state index is 12.6. The van der Waals surface area contributed by atoms with Crippen molar-refractivity contribution in [1.29, 1.82) is 0 Å². The Labute approximate surface area is 134 Å². The minimum atomic E-state index is -0.321. The number of H-pyrrole nitrogens is 1. The molecule has 7 nitrogen and oxygen atoms in total. The number of piperidine rings is 1. The summed E-state index contributed by atoms with van der Waals surface area (Å²) in [5, 5.41) is 7.27. The Kier molecular flexibility index (Phi) is 3.45. The van der Waals surface area contributed by atoms with Crippen LogP contribution in [0, 0.1) is 0 Å². The molecule has 2 aliphatic rings. The normalized spacial score (nSPS) is 19.8. The summed E-state index contributed by atoms with van der Waals surface area (Å²) in [5.74, 6) is 0.603. The summed E-state index contributed by atoms with van der Waals surface area (Å²) in [6.07, 6.45) is 6.34. The quantitative estimate of drug-likeness (QED) is 0.911. The summed E-state index contributed by atoms with van der Waals surface area (Å²) in [4.78, 5) is 18.6. The Balaban J connectivity index is 1.51. The van der Waals surface area contributed by atoms with E-state index in [2.05, 4.69) is 15.2 Å². The molecule has 2 aromatic heterocycles. The zero-order valence-electron chi connectivity index (χ0n) is 13.2. The number of hydrogen-bond donors (Lipinski definition) is 1. The number of oxazole rings is 1. The number of carbonyl (C=O) groups excluding carboxylic acids is 1. The Hall–Kier alpha value is -2.15. The lowest BCUT2D eigenvalue weighted by Crippen LogP contribution is -2.48. The third kappa shape index (κ3) is 2.26. The van der Waals surface area contributed by atoms with Crippen LogP contribution in [0.1, 0.15) is 47.3 Å². The third-order valence-electron chi connectivity index (χ3n) is 4.95. The van der Waals surface area contributed by atoms with Gasteiger partial charge in [0.2, 0.25) is 0 Å². The van der Waals surface area contributed by atoms with Crippen LogP contribution in [0.25, 0.3) is 0 Å². The van der Waals surface area contributed by atoms with Crippen LogP contribution >= 0.6 is 0 Å². The topological polar surface area (TPSA) is 84.2 Å². The third-order valence-corrected chi connectivity index (χ3v) is 4.95. The average Bonchev–Trinajstić information content (AvgIpc) is 3.24. The van der Waals surface area contributed by atoms with Crippen LogP contribution in [0.2, 0.25) is 0 Å². The van der Waals surface area contributed by atoms with Crippen LogP contribution in [0.5, 0.6) is 0 Å². The largest absolute Gasteiger partial charge is 0.448 e. The highest BCUT2D eigenvalue weighted by atomic mass is 16.5. The molecule has 4 rings (SSSR count). The summed E-state index contributed by atoms with van der Waals surface area (Å²) in [6, 6.07) is 0. The first kappa shape index (κ1) is 14.4. The van der Waals surface area contributed by atoms with Crippen LogP contribution in [-0.4, -0.2) is 45.7 Å². The molecule has 4 heterocycles. The van der Waals surface area contributed by atoms with Crippen molar-refractivity contribution in [3.63, 3.8) is 0 Å². The predicted molar refractivity (Wildman–Crippen MR) is 80.9 cm³/mol. The van der Waals surface area contributed by atoms with Crippen molar-refractivity contribution < 1.29 is 13.9 Å². The van der Waals surface area contributed by atoms with Crippen molar-refractivity contribution in [2.75, 3.05) is 19.7 Å². The van der Waals surface area contributed by atoms with Gasteiger partial charge in [-0.2, -0.15) is 5.10 Å². The molecule has 7 heteroatoms. The zero-order chi connectivity index (χ0) is 15.9. The summed E-state index contributed by atoms with van der Waals surface area (Å²) in [6.45, 7) is 3.96. The number of aryl methyl sites for hydroxylation is 1. The molecule has 0 unspecified atom stereocenters. The molecule has 122 valence electrons. The number of fused-ring (bicyclic) bond motifs is 2. The fourth-order valence-electron chi connectivity index (χ4n) is 3.63. The van der Waals surface area contributed by atoms with E-state index >= 15 is 0 Å². The fourth-order valence-corrected chi connectivity index (χ4v) is 3.63. The maximum absolute atomic E-state index is 12.6. The SMILES string of the molecule is CCc1ocnc1C(=O)N1CCC2(CC1)OCCc1cn[nH]c12. The van der Waals surface area contributed by atoms with Gasteiger partial charge in [-0.15, -0.1) is 0 Å². The van der Waals surface area contributed by atoms with Crippen molar-refractivity contribution >= 4 is 5.91 Å². The second-order valence-corrected chi connectivity index (χ2v) is 6.13. The molecule has 0 aromatic carbocycles. The standard InChI is InChI=1S/C16H20N4O3/c1-2-12-13(17-10-22-12)15(21)20-6-4-16(5-7-20)14-11(3-8-23-16)9-18-19-14/h9-10H,2-8H2,1H3,(H,18,19). The Morgan fingerprint density at radius 1 is 1.43 bits per heavy atom. The number of hydrogen-bond acceptors (Lipinski definition) is 5. The second-order valence-electron chi connectivity index (χ2n) is 6.13. The van der Waals surface area contributed by atoms with Crippen LogP contribution in [0.3, 0.4) is 0 Å². The van der Waals surface area contributed by atoms with E-state index in [1.54, 1.807) is 0 Å². The molecule has 1 spiro atoms. The number of likely N-dealkylation sites (tertiary alicyclic amines) is 1. The van der Waals surface area contributed by atoms with Gasteiger partial charge in [0.05, 0.1) is 18.5 Å².